The van der Waals surface area contributed by atoms with Crippen molar-refractivity contribution in [2.45, 2.75) is 136 Å². The van der Waals surface area contributed by atoms with Crippen LogP contribution in [0.3, 0.4) is 0 Å². The van der Waals surface area contributed by atoms with E-state index in [0.717, 1.165) is 0 Å². The molecular weight excluding hydrogens is 1010 g/mol. The summed E-state index contributed by atoms with van der Waals surface area (Å²) in [6.45, 7) is 10.9. The van der Waals surface area contributed by atoms with Crippen LogP contribution in [0.25, 0.3) is 0 Å². The fraction of sp³-hybridized carbons (Fsp3) is 0.800. The Morgan fingerprint density at radius 2 is 0.397 bits per heavy atom. The van der Waals surface area contributed by atoms with Crippen LogP contribution in [0.2, 0.25) is 0 Å². The van der Waals surface area contributed by atoms with E-state index < -0.39 is 124 Å². The third-order valence-electron chi connectivity index (χ3n) is 6.77. The second kappa shape index (κ2) is 19.5. The van der Waals surface area contributed by atoms with Gasteiger partial charge in [-0.2, -0.15) is 92.2 Å². The van der Waals surface area contributed by atoms with Crippen LogP contribution in [0.1, 0.15) is 81.6 Å². The minimum atomic E-state index is -6.59. The van der Waals surface area contributed by atoms with Gasteiger partial charge in [0.1, 0.15) is 17.3 Å². The Hall–Kier alpha value is -1.87. The van der Waals surface area contributed by atoms with Gasteiger partial charge in [0.2, 0.25) is 17.3 Å². The molecule has 0 saturated heterocycles. The van der Waals surface area contributed by atoms with Crippen molar-refractivity contribution in [1.29, 1.82) is 0 Å². The third kappa shape index (κ3) is 15.2. The Morgan fingerprint density at radius 3 is 0.483 bits per heavy atom. The molecule has 0 bridgehead atoms. The van der Waals surface area contributed by atoms with Gasteiger partial charge in [0.05, 0.1) is 19.3 Å². The van der Waals surface area contributed by atoms with Crippen LogP contribution in [0.15, 0.2) is 0 Å². The first-order valence-corrected chi connectivity index (χ1v) is 14.8. The van der Waals surface area contributed by atoms with Gasteiger partial charge in [0.15, 0.2) is 0 Å². The summed E-state index contributed by atoms with van der Waals surface area (Å²) >= 11 is 0. The maximum Gasteiger partial charge on any atom is 0.460 e. The zero-order valence-electron chi connectivity index (χ0n) is 30.9. The number of ketones is 6. The summed E-state index contributed by atoms with van der Waals surface area (Å²) in [4.78, 5) is 66.2. The molecule has 1 radical (unpaired) electrons. The first-order chi connectivity index (χ1) is 24.1. The van der Waals surface area contributed by atoms with E-state index in [-0.39, 0.29) is 49.4 Å². The Morgan fingerprint density at radius 1 is 0.276 bits per heavy atom. The first kappa shape index (κ1) is 62.8. The van der Waals surface area contributed by atoms with E-state index >= 15 is 0 Å². The maximum absolute atomic E-state index is 12.9. The van der Waals surface area contributed by atoms with Gasteiger partial charge in [-0.05, 0) is 0 Å². The van der Waals surface area contributed by atoms with Gasteiger partial charge in [-0.25, -0.2) is 0 Å². The van der Waals surface area contributed by atoms with E-state index in [1.165, 1.54) is 62.3 Å². The molecule has 0 N–H and O–H groups in total. The smallest absolute Gasteiger partial charge is 0.299 e. The monoisotopic (exact) mass is 1040 g/mol. The number of Topliss-reactive ketones (excluding diaryl/α,β-unsaturated/α-hetero) is 6. The number of alkyl halides is 21. The quantitative estimate of drug-likeness (QED) is 0.143. The first-order valence-electron chi connectivity index (χ1n) is 14.8. The largest absolute Gasteiger partial charge is 0.460 e. The van der Waals surface area contributed by atoms with E-state index in [1.807, 2.05) is 0 Å². The normalized spacial score (nSPS) is 14.2. The minimum Gasteiger partial charge on any atom is -0.299 e. The summed E-state index contributed by atoms with van der Waals surface area (Å²) in [5.41, 5.74) is -3.92. The van der Waals surface area contributed by atoms with Crippen molar-refractivity contribution < 1.29 is 170 Å². The van der Waals surface area contributed by atoms with Gasteiger partial charge < -0.3 is 0 Å². The van der Waals surface area contributed by atoms with Crippen molar-refractivity contribution in [1.82, 2.24) is 0 Å². The molecule has 0 aliphatic rings. The molecule has 58 heavy (non-hydrogen) atoms. The molecule has 0 atom stereocenters. The fourth-order valence-corrected chi connectivity index (χ4v) is 2.63. The second-order valence-corrected chi connectivity index (χ2v) is 14.8. The van der Waals surface area contributed by atoms with E-state index in [1.54, 1.807) is 0 Å². The van der Waals surface area contributed by atoms with E-state index in [0.29, 0.717) is 0 Å². The molecule has 0 heterocycles. The van der Waals surface area contributed by atoms with Crippen LogP contribution in [-0.2, 0) is 28.8 Å². The van der Waals surface area contributed by atoms with E-state index in [4.69, 9.17) is 0 Å². The summed E-state index contributed by atoms with van der Waals surface area (Å²) in [5.74, 6) is -49.2. The SMILES string of the molecule is CC(C)(C)C(=O)CC(=O)C(F)(F)C(F)(F)C(F)(F)F.CC(C)(C)C(=O)CC(=O)C(F)(F)C(F)(F)C(F)(F)F.CC(C)(C)C(=O)CC(=O)C(F)(F)C(F)(F)C(F)(F)F.[Eu]. The molecule has 0 rings (SSSR count). The van der Waals surface area contributed by atoms with Gasteiger partial charge in [-0.1, -0.05) is 62.3 Å². The molecule has 0 saturated carbocycles. The fourth-order valence-electron chi connectivity index (χ4n) is 2.63. The number of hydrogen-bond donors (Lipinski definition) is 0. The molecule has 0 aliphatic heterocycles. The van der Waals surface area contributed by atoms with E-state index in [2.05, 4.69) is 0 Å². The summed E-state index contributed by atoms with van der Waals surface area (Å²) < 4.78 is 258. The zero-order chi connectivity index (χ0) is 47.6. The van der Waals surface area contributed by atoms with Gasteiger partial charge in [0, 0.05) is 65.6 Å². The van der Waals surface area contributed by atoms with Crippen LogP contribution < -0.4 is 0 Å². The van der Waals surface area contributed by atoms with Crippen molar-refractivity contribution in [3.8, 4) is 0 Å². The molecule has 0 unspecified atom stereocenters. The minimum absolute atomic E-state index is 0. The van der Waals surface area contributed by atoms with Crippen molar-refractivity contribution in [3.63, 3.8) is 0 Å². The number of carbonyl (C=O) groups is 6. The second-order valence-electron chi connectivity index (χ2n) is 14.8. The molecule has 0 aromatic rings. The average molecular weight is 1040 g/mol. The summed E-state index contributed by atoms with van der Waals surface area (Å²) in [6.07, 6.45) is -24.8. The zero-order valence-corrected chi connectivity index (χ0v) is 33.3. The number of carbonyl (C=O) groups excluding carboxylic acids is 6. The van der Waals surface area contributed by atoms with Crippen molar-refractivity contribution in [2.75, 3.05) is 0 Å². The van der Waals surface area contributed by atoms with Gasteiger partial charge >= 0.3 is 54.1 Å². The van der Waals surface area contributed by atoms with Crippen LogP contribution in [-0.4, -0.2) is 88.8 Å². The Balaban J connectivity index is -0.000000374. The Labute approximate surface area is 355 Å². The van der Waals surface area contributed by atoms with Crippen molar-refractivity contribution >= 4 is 34.7 Å². The summed E-state index contributed by atoms with van der Waals surface area (Å²) in [7, 11) is 0. The van der Waals surface area contributed by atoms with E-state index in [9.17, 15) is 121 Å². The Kier molecular flexibility index (Phi) is 21.1. The van der Waals surface area contributed by atoms with Crippen LogP contribution in [0.4, 0.5) is 92.2 Å². The van der Waals surface area contributed by atoms with Crippen molar-refractivity contribution in [3.05, 3.63) is 0 Å². The predicted octanol–water partition coefficient (Wildman–Crippen LogP) is 10.2. The number of hydrogen-bond acceptors (Lipinski definition) is 6. The van der Waals surface area contributed by atoms with Crippen LogP contribution >= 0.6 is 0 Å². The summed E-state index contributed by atoms with van der Waals surface area (Å²) in [5, 5.41) is 0. The topological polar surface area (TPSA) is 102 Å². The molecule has 0 amide bonds. The molecule has 0 fully saturated rings. The average Bonchev–Trinajstić information content (AvgIpc) is 2.93. The molecule has 28 heteroatoms. The molecule has 0 aromatic heterocycles. The predicted molar refractivity (Wildman–Crippen MR) is 150 cm³/mol. The molecule has 0 spiro atoms. The van der Waals surface area contributed by atoms with Crippen molar-refractivity contribution in [2.24, 2.45) is 16.2 Å². The molecule has 0 aromatic carbocycles. The molecule has 343 valence electrons. The maximum atomic E-state index is 12.9. The molecular formula is C30H33EuF21O6. The molecule has 0 aliphatic carbocycles. The van der Waals surface area contributed by atoms with Crippen LogP contribution in [0, 0.1) is 65.6 Å². The Bertz CT molecular complexity index is 1310. The molecule has 6 nitrogen and oxygen atoms in total. The standard InChI is InChI=1S/3C10H11F7O2.Eu/c3*1-7(2,3)5(18)4-6(19)8(11,12)9(13,14)10(15,16)17;/h3*4H2,1-3H3;. The van der Waals surface area contributed by atoms with Gasteiger partial charge in [-0.15, -0.1) is 0 Å². The summed E-state index contributed by atoms with van der Waals surface area (Å²) in [6, 6.07) is 0. The number of rotatable bonds is 12. The van der Waals surface area contributed by atoms with Gasteiger partial charge in [-0.3, -0.25) is 28.8 Å². The van der Waals surface area contributed by atoms with Gasteiger partial charge in [0.25, 0.3) is 0 Å². The third-order valence-corrected chi connectivity index (χ3v) is 6.77. The number of halogens is 21. The van der Waals surface area contributed by atoms with Crippen LogP contribution in [0.5, 0.6) is 0 Å².